The van der Waals surface area contributed by atoms with Crippen molar-refractivity contribution < 1.29 is 0 Å². The summed E-state index contributed by atoms with van der Waals surface area (Å²) >= 11 is 0. The first kappa shape index (κ1) is 14.3. The molecule has 0 fully saturated rings. The van der Waals surface area contributed by atoms with E-state index in [0.29, 0.717) is 11.5 Å². The predicted molar refractivity (Wildman–Crippen MR) is 86.4 cm³/mol. The number of benzene rings is 1. The molecule has 3 heteroatoms. The van der Waals surface area contributed by atoms with Crippen molar-refractivity contribution in [2.45, 2.75) is 51.6 Å². The molecule has 0 bridgehead atoms. The van der Waals surface area contributed by atoms with E-state index in [1.165, 1.54) is 29.5 Å². The fourth-order valence-corrected chi connectivity index (χ4v) is 3.37. The minimum atomic E-state index is 0.299. The third-order valence-corrected chi connectivity index (χ3v) is 4.62. The molecule has 1 unspecified atom stereocenters. The summed E-state index contributed by atoms with van der Waals surface area (Å²) in [5.41, 5.74) is 4.50. The number of hydrogen-bond donors (Lipinski definition) is 1. The SMILES string of the molecule is Cc1cnn(CCNC2CCC(C)(C)c3ccccc32)c1. The highest BCUT2D eigenvalue weighted by molar-refractivity contribution is 5.38. The van der Waals surface area contributed by atoms with Gasteiger partial charge < -0.3 is 5.32 Å². The van der Waals surface area contributed by atoms with Crippen LogP contribution in [0.3, 0.4) is 0 Å². The van der Waals surface area contributed by atoms with E-state index in [9.17, 15) is 0 Å². The Morgan fingerprint density at radius 1 is 1.33 bits per heavy atom. The molecular weight excluding hydrogens is 258 g/mol. The van der Waals surface area contributed by atoms with Crippen molar-refractivity contribution in [1.29, 1.82) is 0 Å². The summed E-state index contributed by atoms with van der Waals surface area (Å²) in [7, 11) is 0. The molecule has 1 N–H and O–H groups in total. The minimum absolute atomic E-state index is 0.299. The van der Waals surface area contributed by atoms with Gasteiger partial charge in [0.2, 0.25) is 0 Å². The molecule has 1 atom stereocenters. The molecule has 0 spiro atoms. The van der Waals surface area contributed by atoms with Gasteiger partial charge in [-0.1, -0.05) is 38.1 Å². The van der Waals surface area contributed by atoms with Gasteiger partial charge in [0.25, 0.3) is 0 Å². The average Bonchev–Trinajstić information content (AvgIpc) is 2.87. The molecule has 3 rings (SSSR count). The van der Waals surface area contributed by atoms with Crippen LogP contribution in [0.5, 0.6) is 0 Å². The van der Waals surface area contributed by atoms with E-state index in [2.05, 4.69) is 61.6 Å². The van der Waals surface area contributed by atoms with E-state index >= 15 is 0 Å². The summed E-state index contributed by atoms with van der Waals surface area (Å²) in [6, 6.07) is 9.37. The highest BCUT2D eigenvalue weighted by Crippen LogP contribution is 2.41. The predicted octanol–water partition coefficient (Wildman–Crippen LogP) is 3.59. The van der Waals surface area contributed by atoms with Crippen molar-refractivity contribution in [3.8, 4) is 0 Å². The summed E-state index contributed by atoms with van der Waals surface area (Å²) in [6.07, 6.45) is 6.46. The first-order valence-corrected chi connectivity index (χ1v) is 7.88. The number of nitrogens with one attached hydrogen (secondary N) is 1. The van der Waals surface area contributed by atoms with Crippen LogP contribution in [0.1, 0.15) is 49.4 Å². The Bertz CT molecular complexity index is 612. The van der Waals surface area contributed by atoms with E-state index < -0.39 is 0 Å². The highest BCUT2D eigenvalue weighted by Gasteiger charge is 2.31. The molecule has 1 aliphatic carbocycles. The maximum Gasteiger partial charge on any atom is 0.0534 e. The maximum atomic E-state index is 4.34. The first-order chi connectivity index (χ1) is 10.1. The number of hydrogen-bond acceptors (Lipinski definition) is 2. The first-order valence-electron chi connectivity index (χ1n) is 7.88. The molecule has 0 saturated carbocycles. The molecule has 2 aromatic rings. The van der Waals surface area contributed by atoms with Gasteiger partial charge in [0.15, 0.2) is 0 Å². The Kier molecular flexibility index (Phi) is 3.85. The Hall–Kier alpha value is -1.61. The van der Waals surface area contributed by atoms with Crippen LogP contribution in [0.15, 0.2) is 36.7 Å². The second-order valence-corrected chi connectivity index (χ2v) is 6.80. The summed E-state index contributed by atoms with van der Waals surface area (Å²) in [5, 5.41) is 8.05. The van der Waals surface area contributed by atoms with Crippen LogP contribution in [0.4, 0.5) is 0 Å². The van der Waals surface area contributed by atoms with Gasteiger partial charge in [-0.25, -0.2) is 0 Å². The van der Waals surface area contributed by atoms with Gasteiger partial charge in [-0.05, 0) is 41.9 Å². The molecule has 0 saturated heterocycles. The number of rotatable bonds is 4. The van der Waals surface area contributed by atoms with Crippen molar-refractivity contribution in [3.63, 3.8) is 0 Å². The summed E-state index contributed by atoms with van der Waals surface area (Å²) in [5.74, 6) is 0. The van der Waals surface area contributed by atoms with E-state index in [1.54, 1.807) is 0 Å². The van der Waals surface area contributed by atoms with E-state index in [0.717, 1.165) is 13.1 Å². The van der Waals surface area contributed by atoms with Crippen LogP contribution >= 0.6 is 0 Å². The minimum Gasteiger partial charge on any atom is -0.308 e. The van der Waals surface area contributed by atoms with Crippen molar-refractivity contribution in [3.05, 3.63) is 53.3 Å². The molecule has 1 aromatic heterocycles. The molecular formula is C18H25N3. The van der Waals surface area contributed by atoms with Crippen LogP contribution in [-0.2, 0) is 12.0 Å². The molecule has 1 heterocycles. The second kappa shape index (κ2) is 5.64. The molecule has 0 amide bonds. The lowest BCUT2D eigenvalue weighted by Crippen LogP contribution is -2.34. The lowest BCUT2D eigenvalue weighted by molar-refractivity contribution is 0.353. The zero-order valence-corrected chi connectivity index (χ0v) is 13.3. The topological polar surface area (TPSA) is 29.9 Å². The maximum absolute atomic E-state index is 4.34. The fourth-order valence-electron chi connectivity index (χ4n) is 3.37. The van der Waals surface area contributed by atoms with E-state index in [1.807, 2.05) is 10.9 Å². The smallest absolute Gasteiger partial charge is 0.0534 e. The third-order valence-electron chi connectivity index (χ3n) is 4.62. The van der Waals surface area contributed by atoms with Crippen LogP contribution in [0, 0.1) is 6.92 Å². The van der Waals surface area contributed by atoms with Gasteiger partial charge in [0.1, 0.15) is 0 Å². The highest BCUT2D eigenvalue weighted by atomic mass is 15.3. The molecule has 3 nitrogen and oxygen atoms in total. The summed E-state index contributed by atoms with van der Waals surface area (Å²) in [6.45, 7) is 8.68. The Morgan fingerprint density at radius 3 is 2.90 bits per heavy atom. The van der Waals surface area contributed by atoms with E-state index in [4.69, 9.17) is 0 Å². The van der Waals surface area contributed by atoms with Crippen molar-refractivity contribution in [2.24, 2.45) is 0 Å². The zero-order valence-electron chi connectivity index (χ0n) is 13.3. The van der Waals surface area contributed by atoms with Gasteiger partial charge in [0, 0.05) is 18.8 Å². The van der Waals surface area contributed by atoms with Gasteiger partial charge in [-0.15, -0.1) is 0 Å². The number of nitrogens with zero attached hydrogens (tertiary/aromatic N) is 2. The number of fused-ring (bicyclic) bond motifs is 1. The van der Waals surface area contributed by atoms with Crippen molar-refractivity contribution >= 4 is 0 Å². The zero-order chi connectivity index (χ0) is 14.9. The lowest BCUT2D eigenvalue weighted by atomic mass is 9.71. The van der Waals surface area contributed by atoms with Crippen molar-refractivity contribution in [2.75, 3.05) is 6.54 Å². The third kappa shape index (κ3) is 3.03. The largest absolute Gasteiger partial charge is 0.308 e. The van der Waals surface area contributed by atoms with Gasteiger partial charge in [0.05, 0.1) is 12.7 Å². The molecule has 0 radical (unpaired) electrons. The normalized spacial score (nSPS) is 20.2. The molecule has 1 aliphatic rings. The van der Waals surface area contributed by atoms with Gasteiger partial charge in [-0.2, -0.15) is 5.10 Å². The summed E-state index contributed by atoms with van der Waals surface area (Å²) in [4.78, 5) is 0. The van der Waals surface area contributed by atoms with Crippen LogP contribution in [0.25, 0.3) is 0 Å². The van der Waals surface area contributed by atoms with Crippen LogP contribution in [0.2, 0.25) is 0 Å². The number of aromatic nitrogens is 2. The molecule has 0 aliphatic heterocycles. The second-order valence-electron chi connectivity index (χ2n) is 6.80. The Labute approximate surface area is 127 Å². The van der Waals surface area contributed by atoms with E-state index in [-0.39, 0.29) is 0 Å². The average molecular weight is 283 g/mol. The quantitative estimate of drug-likeness (QED) is 0.929. The lowest BCUT2D eigenvalue weighted by Gasteiger charge is -2.37. The summed E-state index contributed by atoms with van der Waals surface area (Å²) < 4.78 is 2.01. The van der Waals surface area contributed by atoms with Crippen LogP contribution in [-0.4, -0.2) is 16.3 Å². The molecule has 112 valence electrons. The van der Waals surface area contributed by atoms with Crippen LogP contribution < -0.4 is 5.32 Å². The van der Waals surface area contributed by atoms with Crippen molar-refractivity contribution in [1.82, 2.24) is 15.1 Å². The van der Waals surface area contributed by atoms with Gasteiger partial charge in [-0.3, -0.25) is 4.68 Å². The monoisotopic (exact) mass is 283 g/mol. The van der Waals surface area contributed by atoms with Gasteiger partial charge >= 0.3 is 0 Å². The fraction of sp³-hybridized carbons (Fsp3) is 0.500. The standard InChI is InChI=1S/C18H25N3/c1-14-12-20-21(13-14)11-10-19-17-8-9-18(2,3)16-7-5-4-6-15(16)17/h4-7,12-13,17,19H,8-11H2,1-3H3. The molecule has 21 heavy (non-hydrogen) atoms. The Morgan fingerprint density at radius 2 is 2.14 bits per heavy atom. The Balaban J connectivity index is 1.66. The molecule has 1 aromatic carbocycles. The number of aryl methyl sites for hydroxylation is 1.